The Hall–Kier alpha value is -2.00. The summed E-state index contributed by atoms with van der Waals surface area (Å²) in [6, 6.07) is 12.0. The van der Waals surface area contributed by atoms with Crippen LogP contribution in [-0.2, 0) is 0 Å². The number of hydrogen-bond donors (Lipinski definition) is 1. The molecule has 1 aliphatic rings. The van der Waals surface area contributed by atoms with Gasteiger partial charge in [-0.15, -0.1) is 0 Å². The number of fused-ring (bicyclic) bond motifs is 3. The average Bonchev–Trinajstić information content (AvgIpc) is 3.30. The van der Waals surface area contributed by atoms with Gasteiger partial charge in [0, 0.05) is 17.0 Å². The molecule has 0 radical (unpaired) electrons. The van der Waals surface area contributed by atoms with Crippen LogP contribution in [0.25, 0.3) is 21.8 Å². The highest BCUT2D eigenvalue weighted by Gasteiger charge is 2.31. The molecule has 0 bridgehead atoms. The van der Waals surface area contributed by atoms with Crippen molar-refractivity contribution in [3.8, 4) is 0 Å². The number of nitrogens with zero attached hydrogens (tertiary/aromatic N) is 2. The van der Waals surface area contributed by atoms with Gasteiger partial charge in [0.05, 0.1) is 22.8 Å². The van der Waals surface area contributed by atoms with E-state index in [2.05, 4.69) is 22.1 Å². The lowest BCUT2D eigenvalue weighted by Crippen LogP contribution is -2.02. The molecular weight excluding hydrogens is 236 g/mol. The van der Waals surface area contributed by atoms with Gasteiger partial charge < -0.3 is 5.11 Å². The molecule has 0 spiro atoms. The van der Waals surface area contributed by atoms with Gasteiger partial charge in [-0.25, -0.2) is 4.98 Å². The SMILES string of the molecule is OC(c1ccc2ccc3cccnc3c2n1)C1CC1. The van der Waals surface area contributed by atoms with Crippen LogP contribution < -0.4 is 0 Å². The van der Waals surface area contributed by atoms with Crippen LogP contribution in [0.4, 0.5) is 0 Å². The van der Waals surface area contributed by atoms with Gasteiger partial charge in [-0.2, -0.15) is 0 Å². The van der Waals surface area contributed by atoms with E-state index in [0.29, 0.717) is 5.92 Å². The largest absolute Gasteiger partial charge is 0.387 e. The summed E-state index contributed by atoms with van der Waals surface area (Å²) < 4.78 is 0. The molecule has 3 nitrogen and oxygen atoms in total. The Kier molecular flexibility index (Phi) is 2.29. The monoisotopic (exact) mass is 250 g/mol. The first-order chi connectivity index (χ1) is 9.33. The number of benzene rings is 1. The van der Waals surface area contributed by atoms with Gasteiger partial charge in [-0.05, 0) is 30.9 Å². The van der Waals surface area contributed by atoms with Gasteiger partial charge in [0.25, 0.3) is 0 Å². The first kappa shape index (κ1) is 10.9. The molecule has 3 aromatic rings. The Labute approximate surface area is 110 Å². The molecule has 3 heteroatoms. The van der Waals surface area contributed by atoms with Crippen molar-refractivity contribution in [1.29, 1.82) is 0 Å². The van der Waals surface area contributed by atoms with E-state index in [1.165, 1.54) is 0 Å². The number of aromatic nitrogens is 2. The summed E-state index contributed by atoms with van der Waals surface area (Å²) in [6.45, 7) is 0. The Morgan fingerprint density at radius 2 is 1.74 bits per heavy atom. The molecule has 1 N–H and O–H groups in total. The van der Waals surface area contributed by atoms with Crippen LogP contribution in [0.15, 0.2) is 42.6 Å². The van der Waals surface area contributed by atoms with E-state index in [4.69, 9.17) is 0 Å². The van der Waals surface area contributed by atoms with Gasteiger partial charge in [0.1, 0.15) is 0 Å². The summed E-state index contributed by atoms with van der Waals surface area (Å²) in [7, 11) is 0. The normalized spacial score (nSPS) is 16.9. The highest BCUT2D eigenvalue weighted by molar-refractivity contribution is 6.02. The number of hydrogen-bond acceptors (Lipinski definition) is 3. The van der Waals surface area contributed by atoms with Crippen LogP contribution in [0, 0.1) is 5.92 Å². The van der Waals surface area contributed by atoms with E-state index in [-0.39, 0.29) is 0 Å². The highest BCUT2D eigenvalue weighted by Crippen LogP contribution is 2.40. The second kappa shape index (κ2) is 4.00. The average molecular weight is 250 g/mol. The predicted octanol–water partition coefficient (Wildman–Crippen LogP) is 3.23. The highest BCUT2D eigenvalue weighted by atomic mass is 16.3. The maximum absolute atomic E-state index is 10.2. The van der Waals surface area contributed by atoms with Crippen molar-refractivity contribution in [2.75, 3.05) is 0 Å². The fourth-order valence-corrected chi connectivity index (χ4v) is 2.56. The molecule has 1 saturated carbocycles. The Morgan fingerprint density at radius 1 is 1.00 bits per heavy atom. The third kappa shape index (κ3) is 1.78. The molecule has 0 aliphatic heterocycles. The molecule has 4 rings (SSSR count). The van der Waals surface area contributed by atoms with Gasteiger partial charge in [-0.3, -0.25) is 4.98 Å². The molecule has 1 fully saturated rings. The van der Waals surface area contributed by atoms with Crippen molar-refractivity contribution in [3.63, 3.8) is 0 Å². The summed E-state index contributed by atoms with van der Waals surface area (Å²) in [5, 5.41) is 12.4. The molecular formula is C16H14N2O. The van der Waals surface area contributed by atoms with E-state index in [0.717, 1.165) is 40.3 Å². The topological polar surface area (TPSA) is 46.0 Å². The lowest BCUT2D eigenvalue weighted by atomic mass is 10.1. The lowest BCUT2D eigenvalue weighted by Gasteiger charge is -2.10. The third-order valence-electron chi connectivity index (χ3n) is 3.83. The minimum Gasteiger partial charge on any atom is -0.387 e. The summed E-state index contributed by atoms with van der Waals surface area (Å²) in [5.41, 5.74) is 2.56. The van der Waals surface area contributed by atoms with Gasteiger partial charge in [-0.1, -0.05) is 24.3 Å². The quantitative estimate of drug-likeness (QED) is 0.710. The maximum atomic E-state index is 10.2. The van der Waals surface area contributed by atoms with Gasteiger partial charge in [0.15, 0.2) is 0 Å². The number of pyridine rings is 2. The van der Waals surface area contributed by atoms with Gasteiger partial charge in [0.2, 0.25) is 0 Å². The molecule has 0 amide bonds. The summed E-state index contributed by atoms with van der Waals surface area (Å²) >= 11 is 0. The number of aliphatic hydroxyl groups excluding tert-OH is 1. The van der Waals surface area contributed by atoms with Crippen molar-refractivity contribution in [2.45, 2.75) is 18.9 Å². The third-order valence-corrected chi connectivity index (χ3v) is 3.83. The molecule has 1 unspecified atom stereocenters. The first-order valence-corrected chi connectivity index (χ1v) is 6.65. The van der Waals surface area contributed by atoms with Crippen LogP contribution in [0.2, 0.25) is 0 Å². The Balaban J connectivity index is 1.97. The smallest absolute Gasteiger partial charge is 0.0988 e. The zero-order chi connectivity index (χ0) is 12.8. The van der Waals surface area contributed by atoms with Crippen molar-refractivity contribution >= 4 is 21.8 Å². The maximum Gasteiger partial charge on any atom is 0.0988 e. The molecule has 1 aromatic carbocycles. The lowest BCUT2D eigenvalue weighted by molar-refractivity contribution is 0.149. The number of aliphatic hydroxyl groups is 1. The number of rotatable bonds is 2. The summed E-state index contributed by atoms with van der Waals surface area (Å²) in [5.74, 6) is 0.396. The minimum absolute atomic E-state index is 0.396. The fourth-order valence-electron chi connectivity index (χ4n) is 2.56. The molecule has 2 heterocycles. The van der Waals surface area contributed by atoms with Crippen molar-refractivity contribution in [3.05, 3.63) is 48.3 Å². The molecule has 1 atom stereocenters. The zero-order valence-electron chi connectivity index (χ0n) is 10.5. The Bertz CT molecular complexity index is 765. The van der Waals surface area contributed by atoms with Crippen LogP contribution in [0.5, 0.6) is 0 Å². The van der Waals surface area contributed by atoms with E-state index in [9.17, 15) is 5.11 Å². The molecule has 1 aliphatic carbocycles. The van der Waals surface area contributed by atoms with E-state index in [1.807, 2.05) is 24.3 Å². The molecule has 2 aromatic heterocycles. The predicted molar refractivity (Wildman–Crippen MR) is 74.7 cm³/mol. The van der Waals surface area contributed by atoms with Crippen LogP contribution in [-0.4, -0.2) is 15.1 Å². The fraction of sp³-hybridized carbons (Fsp3) is 0.250. The van der Waals surface area contributed by atoms with Gasteiger partial charge >= 0.3 is 0 Å². The second-order valence-electron chi connectivity index (χ2n) is 5.23. The summed E-state index contributed by atoms with van der Waals surface area (Å²) in [4.78, 5) is 9.08. The zero-order valence-corrected chi connectivity index (χ0v) is 10.5. The van der Waals surface area contributed by atoms with E-state index in [1.54, 1.807) is 6.20 Å². The molecule has 0 saturated heterocycles. The van der Waals surface area contributed by atoms with Crippen LogP contribution in [0.3, 0.4) is 0 Å². The summed E-state index contributed by atoms with van der Waals surface area (Å²) in [6.07, 6.45) is 3.57. The van der Waals surface area contributed by atoms with E-state index >= 15 is 0 Å². The van der Waals surface area contributed by atoms with Crippen molar-refractivity contribution in [1.82, 2.24) is 9.97 Å². The minimum atomic E-state index is -0.427. The first-order valence-electron chi connectivity index (χ1n) is 6.65. The molecule has 94 valence electrons. The molecule has 19 heavy (non-hydrogen) atoms. The van der Waals surface area contributed by atoms with E-state index < -0.39 is 6.10 Å². The van der Waals surface area contributed by atoms with Crippen molar-refractivity contribution in [2.24, 2.45) is 5.92 Å². The van der Waals surface area contributed by atoms with Crippen LogP contribution in [0.1, 0.15) is 24.6 Å². The second-order valence-corrected chi connectivity index (χ2v) is 5.23. The Morgan fingerprint density at radius 3 is 2.53 bits per heavy atom. The van der Waals surface area contributed by atoms with Crippen LogP contribution >= 0.6 is 0 Å². The van der Waals surface area contributed by atoms with Crippen molar-refractivity contribution < 1.29 is 5.11 Å². The standard InChI is InChI=1S/C16H14N2O/c19-16(12-5-6-12)13-8-7-11-4-3-10-2-1-9-17-14(10)15(11)18-13/h1-4,7-9,12,16,19H,5-6H2.